The molecule has 1 fully saturated rings. The average Bonchev–Trinajstić information content (AvgIpc) is 2.58. The zero-order valence-electron chi connectivity index (χ0n) is 11.5. The van der Waals surface area contributed by atoms with Gasteiger partial charge in [-0.3, -0.25) is 4.90 Å². The predicted octanol–water partition coefficient (Wildman–Crippen LogP) is 1.86. The van der Waals surface area contributed by atoms with Crippen molar-refractivity contribution in [1.82, 2.24) is 4.90 Å². The van der Waals surface area contributed by atoms with Crippen LogP contribution in [0.3, 0.4) is 0 Å². The molecule has 3 nitrogen and oxygen atoms in total. The Balaban J connectivity index is 2.58. The Labute approximate surface area is 100 Å². The summed E-state index contributed by atoms with van der Waals surface area (Å²) in [5.74, 6) is 0. The van der Waals surface area contributed by atoms with Crippen molar-refractivity contribution in [3.63, 3.8) is 0 Å². The van der Waals surface area contributed by atoms with Crippen molar-refractivity contribution in [1.29, 1.82) is 0 Å². The first-order valence-corrected chi connectivity index (χ1v) is 6.39. The van der Waals surface area contributed by atoms with E-state index in [1.807, 2.05) is 0 Å². The zero-order valence-corrected chi connectivity index (χ0v) is 11.5. The molecule has 1 heterocycles. The molecule has 0 aromatic heterocycles. The Morgan fingerprint density at radius 1 is 1.44 bits per heavy atom. The molecule has 96 valence electrons. The Kier molecular flexibility index (Phi) is 4.77. The summed E-state index contributed by atoms with van der Waals surface area (Å²) in [6.07, 6.45) is 2.63. The molecule has 3 heteroatoms. The lowest BCUT2D eigenvalue weighted by molar-refractivity contribution is 0.0593. The normalized spacial score (nSPS) is 28.7. The van der Waals surface area contributed by atoms with Gasteiger partial charge in [0.2, 0.25) is 0 Å². The second kappa shape index (κ2) is 5.48. The first-order valence-electron chi connectivity index (χ1n) is 6.39. The fraction of sp³-hybridized carbons (Fsp3) is 1.00. The van der Waals surface area contributed by atoms with Gasteiger partial charge in [-0.1, -0.05) is 20.8 Å². The minimum Gasteiger partial charge on any atom is -0.377 e. The van der Waals surface area contributed by atoms with Gasteiger partial charge in [-0.05, 0) is 32.2 Å². The van der Waals surface area contributed by atoms with Crippen LogP contribution in [-0.2, 0) is 4.74 Å². The fourth-order valence-electron chi connectivity index (χ4n) is 2.63. The number of hydrogen-bond donors (Lipinski definition) is 1. The summed E-state index contributed by atoms with van der Waals surface area (Å²) in [6, 6.07) is 1.00. The van der Waals surface area contributed by atoms with Crippen LogP contribution >= 0.6 is 0 Å². The molecule has 16 heavy (non-hydrogen) atoms. The highest BCUT2D eigenvalue weighted by molar-refractivity contribution is 4.86. The van der Waals surface area contributed by atoms with Crippen molar-refractivity contribution >= 4 is 0 Å². The number of nitrogens with zero attached hydrogens (tertiary/aromatic N) is 1. The molecule has 0 bridgehead atoms. The molecule has 0 aromatic rings. The van der Waals surface area contributed by atoms with Crippen LogP contribution in [0.25, 0.3) is 0 Å². The first-order chi connectivity index (χ1) is 7.35. The summed E-state index contributed by atoms with van der Waals surface area (Å²) in [5.41, 5.74) is 6.25. The lowest BCUT2D eigenvalue weighted by Crippen LogP contribution is -2.48. The third-order valence-electron chi connectivity index (χ3n) is 3.56. The van der Waals surface area contributed by atoms with Gasteiger partial charge < -0.3 is 10.5 Å². The van der Waals surface area contributed by atoms with Gasteiger partial charge in [-0.25, -0.2) is 0 Å². The van der Waals surface area contributed by atoms with Crippen molar-refractivity contribution in [3.8, 4) is 0 Å². The molecule has 0 saturated carbocycles. The topological polar surface area (TPSA) is 38.5 Å². The van der Waals surface area contributed by atoms with Crippen molar-refractivity contribution in [3.05, 3.63) is 0 Å². The molecule has 1 aliphatic rings. The van der Waals surface area contributed by atoms with Gasteiger partial charge in [0, 0.05) is 25.2 Å². The van der Waals surface area contributed by atoms with Crippen LogP contribution in [0.5, 0.6) is 0 Å². The Bertz CT molecular complexity index is 212. The lowest BCUT2D eigenvalue weighted by Gasteiger charge is -2.37. The molecular weight excluding hydrogens is 200 g/mol. The maximum absolute atomic E-state index is 5.91. The molecule has 0 amide bonds. The summed E-state index contributed by atoms with van der Waals surface area (Å²) in [4.78, 5) is 2.43. The Morgan fingerprint density at radius 3 is 2.44 bits per heavy atom. The average molecular weight is 228 g/mol. The van der Waals surface area contributed by atoms with Gasteiger partial charge in [0.15, 0.2) is 0 Å². The Morgan fingerprint density at radius 2 is 2.06 bits per heavy atom. The molecule has 3 atom stereocenters. The number of nitrogens with two attached hydrogens (primary N) is 1. The number of rotatable bonds is 4. The molecule has 0 radical (unpaired) electrons. The first kappa shape index (κ1) is 13.9. The summed E-state index contributed by atoms with van der Waals surface area (Å²) in [7, 11) is 2.19. The van der Waals surface area contributed by atoms with Crippen molar-refractivity contribution in [2.45, 2.75) is 58.7 Å². The Hall–Kier alpha value is -0.120. The van der Waals surface area contributed by atoms with E-state index in [1.54, 1.807) is 0 Å². The van der Waals surface area contributed by atoms with Crippen LogP contribution in [0.2, 0.25) is 0 Å². The van der Waals surface area contributed by atoms with Gasteiger partial charge in [-0.15, -0.1) is 0 Å². The molecule has 2 N–H and O–H groups in total. The highest BCUT2D eigenvalue weighted by Crippen LogP contribution is 2.26. The van der Waals surface area contributed by atoms with Gasteiger partial charge in [-0.2, -0.15) is 0 Å². The molecule has 1 aliphatic heterocycles. The summed E-state index contributed by atoms with van der Waals surface area (Å²) >= 11 is 0. The standard InChI is InChI=1S/C13H28N2O/c1-10-12(6-7-16-10)15(5)11(9-14)8-13(2,3)4/h10-12H,6-9,14H2,1-5H3. The number of likely N-dealkylation sites (N-methyl/N-ethyl adjacent to an activating group) is 1. The molecule has 3 unspecified atom stereocenters. The smallest absolute Gasteiger partial charge is 0.0703 e. The van der Waals surface area contributed by atoms with E-state index in [-0.39, 0.29) is 0 Å². The number of ether oxygens (including phenoxy) is 1. The van der Waals surface area contributed by atoms with Crippen molar-refractivity contribution < 1.29 is 4.74 Å². The lowest BCUT2D eigenvalue weighted by atomic mass is 9.87. The molecule has 1 saturated heterocycles. The van der Waals surface area contributed by atoms with Crippen LogP contribution in [0, 0.1) is 5.41 Å². The molecule has 0 aliphatic carbocycles. The molecule has 0 aromatic carbocycles. The predicted molar refractivity (Wildman–Crippen MR) is 68.5 cm³/mol. The van der Waals surface area contributed by atoms with Gasteiger partial charge >= 0.3 is 0 Å². The fourth-order valence-corrected chi connectivity index (χ4v) is 2.63. The highest BCUT2D eigenvalue weighted by Gasteiger charge is 2.32. The second-order valence-corrected chi connectivity index (χ2v) is 6.25. The summed E-state index contributed by atoms with van der Waals surface area (Å²) in [5, 5.41) is 0. The van der Waals surface area contributed by atoms with Gasteiger partial charge in [0.25, 0.3) is 0 Å². The quantitative estimate of drug-likeness (QED) is 0.798. The van der Waals surface area contributed by atoms with E-state index in [1.165, 1.54) is 0 Å². The third kappa shape index (κ3) is 3.72. The van der Waals surface area contributed by atoms with E-state index < -0.39 is 0 Å². The maximum atomic E-state index is 5.91. The van der Waals surface area contributed by atoms with Crippen LogP contribution in [-0.4, -0.2) is 43.3 Å². The van der Waals surface area contributed by atoms with E-state index in [2.05, 4.69) is 39.6 Å². The molecular formula is C13H28N2O. The van der Waals surface area contributed by atoms with Crippen LogP contribution in [0.1, 0.15) is 40.5 Å². The van der Waals surface area contributed by atoms with Crippen LogP contribution < -0.4 is 5.73 Å². The van der Waals surface area contributed by atoms with Crippen molar-refractivity contribution in [2.24, 2.45) is 11.1 Å². The second-order valence-electron chi connectivity index (χ2n) is 6.25. The monoisotopic (exact) mass is 228 g/mol. The van der Waals surface area contributed by atoms with E-state index in [4.69, 9.17) is 10.5 Å². The largest absolute Gasteiger partial charge is 0.377 e. The van der Waals surface area contributed by atoms with Gasteiger partial charge in [0.05, 0.1) is 6.10 Å². The molecule has 0 spiro atoms. The maximum Gasteiger partial charge on any atom is 0.0703 e. The van der Waals surface area contributed by atoms with E-state index in [9.17, 15) is 0 Å². The zero-order chi connectivity index (χ0) is 12.3. The number of hydrogen-bond acceptors (Lipinski definition) is 3. The van der Waals surface area contributed by atoms with Gasteiger partial charge in [0.1, 0.15) is 0 Å². The highest BCUT2D eigenvalue weighted by atomic mass is 16.5. The van der Waals surface area contributed by atoms with Crippen LogP contribution in [0.4, 0.5) is 0 Å². The van der Waals surface area contributed by atoms with E-state index in [0.717, 1.165) is 26.0 Å². The molecule has 1 rings (SSSR count). The minimum absolute atomic E-state index is 0.334. The van der Waals surface area contributed by atoms with Crippen LogP contribution in [0.15, 0.2) is 0 Å². The summed E-state index contributed by atoms with van der Waals surface area (Å²) < 4.78 is 5.63. The van der Waals surface area contributed by atoms with Crippen molar-refractivity contribution in [2.75, 3.05) is 20.2 Å². The van der Waals surface area contributed by atoms with E-state index >= 15 is 0 Å². The third-order valence-corrected chi connectivity index (χ3v) is 3.56. The van der Waals surface area contributed by atoms with E-state index in [0.29, 0.717) is 23.6 Å². The summed E-state index contributed by atoms with van der Waals surface area (Å²) in [6.45, 7) is 10.6. The SMILES string of the molecule is CC1OCCC1N(C)C(CN)CC(C)(C)C. The minimum atomic E-state index is 0.334.